The molecule has 2 aromatic carbocycles. The normalized spacial score (nSPS) is 14.5. The molecule has 0 saturated carbocycles. The van der Waals surface area contributed by atoms with Crippen molar-refractivity contribution in [2.45, 2.75) is 19.8 Å². The van der Waals surface area contributed by atoms with Crippen molar-refractivity contribution >= 4 is 57.8 Å². The summed E-state index contributed by atoms with van der Waals surface area (Å²) in [4.78, 5) is 49.2. The van der Waals surface area contributed by atoms with Crippen LogP contribution in [-0.2, 0) is 9.59 Å². The van der Waals surface area contributed by atoms with Crippen LogP contribution in [0.2, 0.25) is 0 Å². The van der Waals surface area contributed by atoms with Crippen molar-refractivity contribution in [3.8, 4) is 0 Å². The highest BCUT2D eigenvalue weighted by atomic mass is 32.2. The van der Waals surface area contributed by atoms with Crippen LogP contribution in [0.15, 0.2) is 53.4 Å². The van der Waals surface area contributed by atoms with Gasteiger partial charge in [-0.1, -0.05) is 65.9 Å². The van der Waals surface area contributed by atoms with Gasteiger partial charge in [-0.2, -0.15) is 0 Å². The van der Waals surface area contributed by atoms with E-state index in [-0.39, 0.29) is 30.1 Å². The van der Waals surface area contributed by atoms with E-state index >= 15 is 0 Å². The monoisotopic (exact) mass is 484 g/mol. The Morgan fingerprint density at radius 3 is 2.55 bits per heavy atom. The maximum absolute atomic E-state index is 12.7. The molecule has 0 unspecified atom stereocenters. The maximum atomic E-state index is 12.7. The molecule has 0 spiro atoms. The number of carbonyl (C=O) groups is 3. The van der Waals surface area contributed by atoms with E-state index in [1.807, 2.05) is 31.2 Å². The van der Waals surface area contributed by atoms with Crippen molar-refractivity contribution in [2.75, 3.05) is 6.54 Å². The van der Waals surface area contributed by atoms with Crippen LogP contribution in [-0.4, -0.2) is 38.4 Å². The molecular formula is C22H20N4O5S2. The predicted molar refractivity (Wildman–Crippen MR) is 129 cm³/mol. The first-order valence-corrected chi connectivity index (χ1v) is 11.1. The smallest absolute Gasteiger partial charge is 0.282 e. The topological polar surface area (TPSA) is 122 Å². The summed E-state index contributed by atoms with van der Waals surface area (Å²) in [5.74, 6) is -1.51. The molecule has 170 valence electrons. The fourth-order valence-electron chi connectivity index (χ4n) is 2.99. The number of hydrogen-bond acceptors (Lipinski definition) is 7. The number of carbonyl (C=O) groups excluding carboxylic acids is 3. The molecule has 0 aliphatic carbocycles. The van der Waals surface area contributed by atoms with E-state index in [1.54, 1.807) is 6.08 Å². The van der Waals surface area contributed by atoms with Crippen LogP contribution in [0.1, 0.15) is 34.3 Å². The average molecular weight is 485 g/mol. The average Bonchev–Trinajstić information content (AvgIpc) is 3.06. The Labute approximate surface area is 199 Å². The van der Waals surface area contributed by atoms with Crippen LogP contribution < -0.4 is 10.9 Å². The van der Waals surface area contributed by atoms with Crippen molar-refractivity contribution in [3.63, 3.8) is 0 Å². The number of nitrogens with zero attached hydrogens (tertiary/aromatic N) is 2. The molecule has 0 bridgehead atoms. The number of nitro benzene ring substituents is 1. The van der Waals surface area contributed by atoms with Crippen LogP contribution in [0.4, 0.5) is 5.69 Å². The molecule has 3 rings (SSSR count). The number of para-hydroxylation sites is 1. The summed E-state index contributed by atoms with van der Waals surface area (Å²) >= 11 is 6.51. The minimum atomic E-state index is -0.797. The van der Waals surface area contributed by atoms with E-state index < -0.39 is 16.7 Å². The van der Waals surface area contributed by atoms with Crippen LogP contribution in [0.5, 0.6) is 0 Å². The van der Waals surface area contributed by atoms with Gasteiger partial charge in [0.25, 0.3) is 17.5 Å². The molecule has 33 heavy (non-hydrogen) atoms. The molecule has 11 heteroatoms. The Morgan fingerprint density at radius 1 is 1.15 bits per heavy atom. The zero-order valence-corrected chi connectivity index (χ0v) is 19.2. The Kier molecular flexibility index (Phi) is 7.91. The molecule has 0 aromatic heterocycles. The van der Waals surface area contributed by atoms with Gasteiger partial charge in [0.1, 0.15) is 9.88 Å². The van der Waals surface area contributed by atoms with Gasteiger partial charge in [-0.3, -0.25) is 40.2 Å². The first kappa shape index (κ1) is 24.1. The lowest BCUT2D eigenvalue weighted by atomic mass is 10.1. The van der Waals surface area contributed by atoms with Gasteiger partial charge < -0.3 is 0 Å². The second-order valence-electron chi connectivity index (χ2n) is 7.12. The van der Waals surface area contributed by atoms with Gasteiger partial charge in [0, 0.05) is 19.0 Å². The molecule has 1 saturated heterocycles. The minimum Gasteiger partial charge on any atom is -0.293 e. The lowest BCUT2D eigenvalue weighted by molar-refractivity contribution is -0.385. The van der Waals surface area contributed by atoms with Gasteiger partial charge in [0.05, 0.1) is 9.83 Å². The fraction of sp³-hybridized carbons (Fsp3) is 0.182. The maximum Gasteiger partial charge on any atom is 0.282 e. The molecule has 0 atom stereocenters. The lowest BCUT2D eigenvalue weighted by Gasteiger charge is -2.14. The Hall–Kier alpha value is -3.57. The zero-order chi connectivity index (χ0) is 24.0. The highest BCUT2D eigenvalue weighted by Crippen LogP contribution is 2.32. The van der Waals surface area contributed by atoms with E-state index in [0.717, 1.165) is 11.1 Å². The van der Waals surface area contributed by atoms with Gasteiger partial charge in [0.2, 0.25) is 5.91 Å². The summed E-state index contributed by atoms with van der Waals surface area (Å²) in [6.07, 6.45) is 2.12. The summed E-state index contributed by atoms with van der Waals surface area (Å²) in [5, 5.41) is 11.0. The first-order chi connectivity index (χ1) is 15.8. The summed E-state index contributed by atoms with van der Waals surface area (Å²) < 4.78 is 0.420. The van der Waals surface area contributed by atoms with Crippen LogP contribution in [0.3, 0.4) is 0 Å². The molecule has 0 radical (unpaired) electrons. The molecule has 2 aromatic rings. The quantitative estimate of drug-likeness (QED) is 0.267. The van der Waals surface area contributed by atoms with E-state index in [0.29, 0.717) is 15.6 Å². The van der Waals surface area contributed by atoms with Crippen LogP contribution >= 0.6 is 24.0 Å². The molecule has 2 N–H and O–H groups in total. The molecule has 1 aliphatic heterocycles. The summed E-state index contributed by atoms with van der Waals surface area (Å²) in [6.45, 7) is 2.23. The second kappa shape index (κ2) is 10.8. The second-order valence-corrected chi connectivity index (χ2v) is 8.80. The number of thioether (sulfide) groups is 1. The number of thiocarbonyl (C=S) groups is 1. The third-order valence-corrected chi connectivity index (χ3v) is 6.07. The van der Waals surface area contributed by atoms with Crippen molar-refractivity contribution in [3.05, 3.63) is 80.2 Å². The van der Waals surface area contributed by atoms with E-state index in [2.05, 4.69) is 10.9 Å². The van der Waals surface area contributed by atoms with E-state index in [1.165, 1.54) is 40.9 Å². The van der Waals surface area contributed by atoms with E-state index in [9.17, 15) is 24.5 Å². The van der Waals surface area contributed by atoms with Gasteiger partial charge >= 0.3 is 0 Å². The van der Waals surface area contributed by atoms with Crippen molar-refractivity contribution < 1.29 is 19.3 Å². The Balaban J connectivity index is 1.48. The SMILES string of the molecule is Cc1ccc(/C=C2/SC(=S)N(CCCC(=O)NNC(=O)c3ccccc3[N+](=O)[O-])C2=O)cc1. The van der Waals surface area contributed by atoms with Crippen molar-refractivity contribution in [2.24, 2.45) is 0 Å². The third kappa shape index (κ3) is 6.24. The molecule has 3 amide bonds. The zero-order valence-electron chi connectivity index (χ0n) is 17.6. The van der Waals surface area contributed by atoms with Gasteiger partial charge in [-0.25, -0.2) is 0 Å². The van der Waals surface area contributed by atoms with Crippen LogP contribution in [0.25, 0.3) is 6.08 Å². The predicted octanol–water partition coefficient (Wildman–Crippen LogP) is 3.35. The van der Waals surface area contributed by atoms with E-state index in [4.69, 9.17) is 12.2 Å². The number of rotatable bonds is 7. The molecule has 1 fully saturated rings. The largest absolute Gasteiger partial charge is 0.293 e. The minimum absolute atomic E-state index is 0.0191. The number of amides is 3. The number of hydrogen-bond donors (Lipinski definition) is 2. The Bertz CT molecular complexity index is 1150. The third-order valence-electron chi connectivity index (χ3n) is 4.70. The summed E-state index contributed by atoms with van der Waals surface area (Å²) in [6, 6.07) is 13.2. The molecular weight excluding hydrogens is 464 g/mol. The molecule has 1 aliphatic rings. The van der Waals surface area contributed by atoms with Gasteiger partial charge in [-0.05, 0) is 31.1 Å². The summed E-state index contributed by atoms with van der Waals surface area (Å²) in [5.41, 5.74) is 5.88. The number of nitro groups is 1. The highest BCUT2D eigenvalue weighted by molar-refractivity contribution is 8.26. The first-order valence-electron chi connectivity index (χ1n) is 9.91. The fourth-order valence-corrected chi connectivity index (χ4v) is 4.29. The number of nitrogens with one attached hydrogen (secondary N) is 2. The Morgan fingerprint density at radius 2 is 1.85 bits per heavy atom. The summed E-state index contributed by atoms with van der Waals surface area (Å²) in [7, 11) is 0. The number of aryl methyl sites for hydroxylation is 1. The standard InChI is InChI=1S/C22H20N4O5S2/c1-14-8-10-15(11-9-14)13-18-21(29)25(22(32)33-18)12-4-7-19(27)23-24-20(28)16-5-2-3-6-17(16)26(30)31/h2-3,5-6,8-11,13H,4,7,12H2,1H3,(H,23,27)(H,24,28)/b18-13+. The van der Waals surface area contributed by atoms with Gasteiger partial charge in [-0.15, -0.1) is 0 Å². The number of benzene rings is 2. The lowest BCUT2D eigenvalue weighted by Crippen LogP contribution is -2.42. The number of hydrazine groups is 1. The molecule has 9 nitrogen and oxygen atoms in total. The highest BCUT2D eigenvalue weighted by Gasteiger charge is 2.31. The molecule has 1 heterocycles. The van der Waals surface area contributed by atoms with Crippen LogP contribution in [0, 0.1) is 17.0 Å². The van der Waals surface area contributed by atoms with Crippen molar-refractivity contribution in [1.82, 2.24) is 15.8 Å². The van der Waals surface area contributed by atoms with Gasteiger partial charge in [0.15, 0.2) is 0 Å². The van der Waals surface area contributed by atoms with Crippen molar-refractivity contribution in [1.29, 1.82) is 0 Å².